The maximum Gasteiger partial charge on any atom is 0.0716 e. The third-order valence-electron chi connectivity index (χ3n) is 1.64. The van der Waals surface area contributed by atoms with Gasteiger partial charge in [0.05, 0.1) is 15.0 Å². The lowest BCUT2D eigenvalue weighted by Crippen LogP contribution is -1.86. The summed E-state index contributed by atoms with van der Waals surface area (Å²) in [5.74, 6) is 0. The van der Waals surface area contributed by atoms with Crippen molar-refractivity contribution in [3.63, 3.8) is 0 Å². The zero-order valence-corrected chi connectivity index (χ0v) is 10.4. The summed E-state index contributed by atoms with van der Waals surface area (Å²) in [5, 5.41) is 0.713. The standard InChI is InChI=1S/C10H11ClOS2/c1-13-10(14(2)12)7-8-3-5-9(11)6-4-8/h3-7H,1-2H3/b10-7+. The first-order valence-corrected chi connectivity index (χ1v) is 7.14. The van der Waals surface area contributed by atoms with Crippen LogP contribution >= 0.6 is 23.4 Å². The molecule has 0 saturated carbocycles. The third kappa shape index (κ3) is 3.48. The minimum atomic E-state index is -0.918. The molecule has 0 fully saturated rings. The molecule has 1 aromatic carbocycles. The van der Waals surface area contributed by atoms with Gasteiger partial charge >= 0.3 is 0 Å². The molecule has 0 aliphatic rings. The van der Waals surface area contributed by atoms with Crippen molar-refractivity contribution in [3.8, 4) is 0 Å². The fourth-order valence-electron chi connectivity index (χ4n) is 0.954. The number of hydrogen-bond acceptors (Lipinski definition) is 2. The maximum absolute atomic E-state index is 11.2. The Morgan fingerprint density at radius 1 is 1.43 bits per heavy atom. The highest BCUT2D eigenvalue weighted by molar-refractivity contribution is 8.16. The Morgan fingerprint density at radius 3 is 2.43 bits per heavy atom. The highest BCUT2D eigenvalue weighted by Crippen LogP contribution is 2.20. The van der Waals surface area contributed by atoms with Gasteiger partial charge in [-0.3, -0.25) is 4.21 Å². The molecular weight excluding hydrogens is 236 g/mol. The van der Waals surface area contributed by atoms with E-state index in [0.29, 0.717) is 5.02 Å². The first kappa shape index (κ1) is 11.8. The fourth-order valence-corrected chi connectivity index (χ4v) is 2.58. The van der Waals surface area contributed by atoms with Gasteiger partial charge in [-0.2, -0.15) is 0 Å². The van der Waals surface area contributed by atoms with E-state index in [2.05, 4.69) is 0 Å². The Hall–Kier alpha value is -0.250. The zero-order valence-electron chi connectivity index (χ0n) is 7.99. The average Bonchev–Trinajstić information content (AvgIpc) is 2.16. The van der Waals surface area contributed by atoms with E-state index in [0.717, 1.165) is 9.80 Å². The highest BCUT2D eigenvalue weighted by atomic mass is 35.5. The van der Waals surface area contributed by atoms with E-state index in [9.17, 15) is 4.21 Å². The second-order valence-corrected chi connectivity index (χ2v) is 5.56. The van der Waals surface area contributed by atoms with Crippen LogP contribution in [-0.4, -0.2) is 16.7 Å². The summed E-state index contributed by atoms with van der Waals surface area (Å²) < 4.78 is 12.1. The molecule has 0 aromatic heterocycles. The third-order valence-corrected chi connectivity index (χ3v) is 4.30. The summed E-state index contributed by atoms with van der Waals surface area (Å²) in [6.07, 6.45) is 5.51. The lowest BCUT2D eigenvalue weighted by atomic mass is 10.2. The van der Waals surface area contributed by atoms with Gasteiger partial charge in [-0.15, -0.1) is 11.8 Å². The lowest BCUT2D eigenvalue weighted by Gasteiger charge is -1.99. The van der Waals surface area contributed by atoms with E-state index in [1.807, 2.05) is 36.6 Å². The van der Waals surface area contributed by atoms with Crippen molar-refractivity contribution in [3.05, 3.63) is 39.1 Å². The molecule has 0 aliphatic carbocycles. The van der Waals surface area contributed by atoms with Crippen molar-refractivity contribution in [1.82, 2.24) is 0 Å². The average molecular weight is 247 g/mol. The van der Waals surface area contributed by atoms with Gasteiger partial charge in [-0.1, -0.05) is 23.7 Å². The minimum absolute atomic E-state index is 0.713. The van der Waals surface area contributed by atoms with E-state index in [1.165, 1.54) is 11.8 Å². The molecule has 0 amide bonds. The number of benzene rings is 1. The zero-order chi connectivity index (χ0) is 10.6. The molecule has 0 saturated heterocycles. The number of thioether (sulfide) groups is 1. The van der Waals surface area contributed by atoms with Crippen molar-refractivity contribution >= 4 is 40.2 Å². The van der Waals surface area contributed by atoms with E-state index in [1.54, 1.807) is 6.26 Å². The Balaban J connectivity index is 2.95. The van der Waals surface area contributed by atoms with Gasteiger partial charge in [0, 0.05) is 11.3 Å². The number of hydrogen-bond donors (Lipinski definition) is 0. The molecule has 1 unspecified atom stereocenters. The van der Waals surface area contributed by atoms with Gasteiger partial charge in [0.1, 0.15) is 0 Å². The minimum Gasteiger partial charge on any atom is -0.254 e. The number of halogens is 1. The predicted octanol–water partition coefficient (Wildman–Crippen LogP) is 3.38. The van der Waals surface area contributed by atoms with Crippen LogP contribution < -0.4 is 0 Å². The fraction of sp³-hybridized carbons (Fsp3) is 0.200. The summed E-state index contributed by atoms with van der Waals surface area (Å²) in [6, 6.07) is 7.46. The quantitative estimate of drug-likeness (QED) is 0.814. The SMILES string of the molecule is CS/C(=C\c1ccc(Cl)cc1)S(C)=O. The molecule has 1 atom stereocenters. The predicted molar refractivity (Wildman–Crippen MR) is 67.0 cm³/mol. The summed E-state index contributed by atoms with van der Waals surface area (Å²) in [4.78, 5) is 0. The van der Waals surface area contributed by atoms with Crippen molar-refractivity contribution in [2.45, 2.75) is 0 Å². The van der Waals surface area contributed by atoms with Gasteiger partial charge in [0.15, 0.2) is 0 Å². The molecule has 76 valence electrons. The summed E-state index contributed by atoms with van der Waals surface area (Å²) >= 11 is 7.26. The van der Waals surface area contributed by atoms with Gasteiger partial charge in [0.2, 0.25) is 0 Å². The molecule has 14 heavy (non-hydrogen) atoms. The van der Waals surface area contributed by atoms with Gasteiger partial charge in [0.25, 0.3) is 0 Å². The van der Waals surface area contributed by atoms with Crippen LogP contribution in [0.4, 0.5) is 0 Å². The molecule has 0 aliphatic heterocycles. The molecule has 0 radical (unpaired) electrons. The van der Waals surface area contributed by atoms with Crippen LogP contribution in [0.3, 0.4) is 0 Å². The Kier molecular flexibility index (Phi) is 4.72. The second kappa shape index (κ2) is 5.59. The monoisotopic (exact) mass is 246 g/mol. The van der Waals surface area contributed by atoms with E-state index < -0.39 is 10.8 Å². The molecule has 0 N–H and O–H groups in total. The van der Waals surface area contributed by atoms with Crippen LogP contribution in [0.25, 0.3) is 6.08 Å². The molecular formula is C10H11ClOS2. The van der Waals surface area contributed by atoms with Gasteiger partial charge in [-0.05, 0) is 30.0 Å². The molecule has 4 heteroatoms. The molecule has 1 rings (SSSR count). The van der Waals surface area contributed by atoms with Gasteiger partial charge in [-0.25, -0.2) is 0 Å². The molecule has 0 heterocycles. The van der Waals surface area contributed by atoms with Crippen LogP contribution in [-0.2, 0) is 10.8 Å². The molecule has 1 nitrogen and oxygen atoms in total. The van der Waals surface area contributed by atoms with Crippen LogP contribution in [0.15, 0.2) is 28.5 Å². The van der Waals surface area contributed by atoms with Crippen molar-refractivity contribution in [2.75, 3.05) is 12.5 Å². The molecule has 1 aromatic rings. The maximum atomic E-state index is 11.2. The Labute approximate surface area is 96.0 Å². The topological polar surface area (TPSA) is 17.1 Å². The lowest BCUT2D eigenvalue weighted by molar-refractivity contribution is 0.691. The first-order chi connectivity index (χ1) is 6.63. The first-order valence-electron chi connectivity index (χ1n) is 3.98. The molecule has 0 bridgehead atoms. The summed E-state index contributed by atoms with van der Waals surface area (Å²) in [5.41, 5.74) is 1.02. The largest absolute Gasteiger partial charge is 0.254 e. The van der Waals surface area contributed by atoms with Crippen LogP contribution in [0.2, 0.25) is 5.02 Å². The smallest absolute Gasteiger partial charge is 0.0716 e. The summed E-state index contributed by atoms with van der Waals surface area (Å²) in [6.45, 7) is 0. The highest BCUT2D eigenvalue weighted by Gasteiger charge is 1.99. The summed E-state index contributed by atoms with van der Waals surface area (Å²) in [7, 11) is -0.918. The second-order valence-electron chi connectivity index (χ2n) is 2.67. The van der Waals surface area contributed by atoms with E-state index in [4.69, 9.17) is 11.6 Å². The van der Waals surface area contributed by atoms with Crippen LogP contribution in [0, 0.1) is 0 Å². The van der Waals surface area contributed by atoms with Crippen molar-refractivity contribution < 1.29 is 4.21 Å². The number of rotatable bonds is 3. The van der Waals surface area contributed by atoms with Crippen molar-refractivity contribution in [1.29, 1.82) is 0 Å². The molecule has 0 spiro atoms. The normalized spacial score (nSPS) is 14.1. The van der Waals surface area contributed by atoms with Gasteiger partial charge < -0.3 is 0 Å². The van der Waals surface area contributed by atoms with E-state index >= 15 is 0 Å². The van der Waals surface area contributed by atoms with Crippen LogP contribution in [0.1, 0.15) is 5.56 Å². The van der Waals surface area contributed by atoms with E-state index in [-0.39, 0.29) is 0 Å². The Morgan fingerprint density at radius 2 is 2.00 bits per heavy atom. The van der Waals surface area contributed by atoms with Crippen molar-refractivity contribution in [2.24, 2.45) is 0 Å². The van der Waals surface area contributed by atoms with Crippen LogP contribution in [0.5, 0.6) is 0 Å². The Bertz CT molecular complexity index is 357.